The maximum atomic E-state index is 6.74. The van der Waals surface area contributed by atoms with Crippen LogP contribution >= 0.6 is 0 Å². The Morgan fingerprint density at radius 1 is 1.08 bits per heavy atom. The van der Waals surface area contributed by atoms with Crippen molar-refractivity contribution in [3.8, 4) is 0 Å². The van der Waals surface area contributed by atoms with Crippen molar-refractivity contribution in [2.24, 2.45) is 28.0 Å². The molecule has 0 aromatic rings. The predicted octanol–water partition coefficient (Wildman–Crippen LogP) is 6.81. The van der Waals surface area contributed by atoms with Crippen molar-refractivity contribution in [2.45, 2.75) is 104 Å². The minimum Gasteiger partial charge on any atom is -0.325 e. The Morgan fingerprint density at radius 3 is 2.08 bits per heavy atom. The summed E-state index contributed by atoms with van der Waals surface area (Å²) in [6, 6.07) is 0. The van der Waals surface area contributed by atoms with E-state index in [2.05, 4.69) is 46.0 Å². The van der Waals surface area contributed by atoms with E-state index in [9.17, 15) is 0 Å². The molecule has 0 saturated heterocycles. The van der Waals surface area contributed by atoms with Crippen LogP contribution in [0.25, 0.3) is 0 Å². The van der Waals surface area contributed by atoms with Crippen molar-refractivity contribution in [2.75, 3.05) is 0 Å². The van der Waals surface area contributed by atoms with Crippen molar-refractivity contribution in [3.05, 3.63) is 23.4 Å². The zero-order valence-corrected chi connectivity index (χ0v) is 17.9. The highest BCUT2D eigenvalue weighted by molar-refractivity contribution is 5.39. The van der Waals surface area contributed by atoms with Gasteiger partial charge < -0.3 is 5.73 Å². The van der Waals surface area contributed by atoms with Crippen LogP contribution in [0.5, 0.6) is 0 Å². The molecule has 1 saturated carbocycles. The van der Waals surface area contributed by atoms with Gasteiger partial charge in [0.25, 0.3) is 0 Å². The zero-order valence-electron chi connectivity index (χ0n) is 17.9. The second-order valence-electron chi connectivity index (χ2n) is 9.95. The Bertz CT molecular complexity index is 527. The van der Waals surface area contributed by atoms with Gasteiger partial charge in [0.1, 0.15) is 0 Å². The Hall–Kier alpha value is -0.890. The van der Waals surface area contributed by atoms with Gasteiger partial charge in [-0.05, 0) is 69.6 Å². The Balaban J connectivity index is 2.38. The minimum atomic E-state index is -0.221. The molecule has 2 aliphatic rings. The molecule has 148 valence electrons. The molecule has 0 bridgehead atoms. The lowest BCUT2D eigenvalue weighted by molar-refractivity contribution is 0.107. The van der Waals surface area contributed by atoms with Crippen LogP contribution in [0.15, 0.2) is 28.4 Å². The van der Waals surface area contributed by atoms with Gasteiger partial charge in [-0.2, -0.15) is 0 Å². The van der Waals surface area contributed by atoms with E-state index < -0.39 is 0 Å². The monoisotopic (exact) mass is 358 g/mol. The van der Waals surface area contributed by atoms with E-state index in [0.717, 1.165) is 24.3 Å². The summed E-state index contributed by atoms with van der Waals surface area (Å²) >= 11 is 0. The fourth-order valence-corrected chi connectivity index (χ4v) is 5.10. The van der Waals surface area contributed by atoms with E-state index in [0.29, 0.717) is 5.92 Å². The normalized spacial score (nSPS) is 30.1. The van der Waals surface area contributed by atoms with Crippen molar-refractivity contribution in [1.82, 2.24) is 0 Å². The maximum absolute atomic E-state index is 6.74. The second-order valence-corrected chi connectivity index (χ2v) is 9.95. The lowest BCUT2D eigenvalue weighted by Gasteiger charge is -2.44. The first kappa shape index (κ1) is 21.4. The van der Waals surface area contributed by atoms with E-state index >= 15 is 0 Å². The highest BCUT2D eigenvalue weighted by Crippen LogP contribution is 2.50. The van der Waals surface area contributed by atoms with Crippen LogP contribution in [-0.4, -0.2) is 12.3 Å². The fourth-order valence-electron chi connectivity index (χ4n) is 5.10. The molecule has 2 atom stereocenters. The number of hydrogen-bond donors (Lipinski definition) is 1. The SMILES string of the molecule is C=NC1=C(C(=C)C)CC(C)(C(C)(C)N)CC(C2CCCCCCCC2)C1. The molecule has 0 aromatic heterocycles. The number of nitrogens with zero attached hydrogens (tertiary/aromatic N) is 1. The molecule has 2 aliphatic carbocycles. The van der Waals surface area contributed by atoms with Crippen LogP contribution in [-0.2, 0) is 0 Å². The largest absolute Gasteiger partial charge is 0.325 e. The van der Waals surface area contributed by atoms with Crippen molar-refractivity contribution in [1.29, 1.82) is 0 Å². The lowest BCUT2D eigenvalue weighted by Crippen LogP contribution is -2.50. The molecule has 2 unspecified atom stereocenters. The second kappa shape index (κ2) is 8.87. The number of allylic oxidation sites excluding steroid dienone is 3. The van der Waals surface area contributed by atoms with E-state index in [4.69, 9.17) is 5.73 Å². The van der Waals surface area contributed by atoms with Crippen molar-refractivity contribution >= 4 is 6.72 Å². The van der Waals surface area contributed by atoms with Crippen LogP contribution in [0.3, 0.4) is 0 Å². The number of rotatable bonds is 4. The standard InChI is InChI=1S/C24H42N2/c1-18(2)21-17-24(5,23(3,4)25)16-20(15-22(21)26-6)19-13-11-9-7-8-10-12-14-19/h19-20H,1,6-17,25H2,2-5H3. The van der Waals surface area contributed by atoms with Crippen molar-refractivity contribution < 1.29 is 0 Å². The Kier molecular flexibility index (Phi) is 7.30. The summed E-state index contributed by atoms with van der Waals surface area (Å²) in [4.78, 5) is 4.49. The molecule has 26 heavy (non-hydrogen) atoms. The zero-order chi connectivity index (χ0) is 19.4. The van der Waals surface area contributed by atoms with E-state index in [1.165, 1.54) is 69.1 Å². The quantitative estimate of drug-likeness (QED) is 0.551. The smallest absolute Gasteiger partial charge is 0.0433 e. The van der Waals surface area contributed by atoms with E-state index in [1.54, 1.807) is 0 Å². The summed E-state index contributed by atoms with van der Waals surface area (Å²) in [6.07, 6.45) is 14.4. The third-order valence-electron chi connectivity index (χ3n) is 7.41. The van der Waals surface area contributed by atoms with Gasteiger partial charge >= 0.3 is 0 Å². The van der Waals surface area contributed by atoms with E-state index in [-0.39, 0.29) is 11.0 Å². The predicted molar refractivity (Wildman–Crippen MR) is 116 cm³/mol. The van der Waals surface area contributed by atoms with Gasteiger partial charge in [-0.15, -0.1) is 0 Å². The topological polar surface area (TPSA) is 38.4 Å². The van der Waals surface area contributed by atoms with E-state index in [1.807, 2.05) is 0 Å². The van der Waals surface area contributed by atoms with Gasteiger partial charge in [0.15, 0.2) is 0 Å². The average molecular weight is 359 g/mol. The lowest BCUT2D eigenvalue weighted by atomic mass is 9.63. The molecule has 0 spiro atoms. The minimum absolute atomic E-state index is 0.0663. The van der Waals surface area contributed by atoms with Gasteiger partial charge in [0.2, 0.25) is 0 Å². The number of hydrogen-bond acceptors (Lipinski definition) is 2. The molecule has 0 aliphatic heterocycles. The molecule has 2 heteroatoms. The van der Waals surface area contributed by atoms with Gasteiger partial charge in [0, 0.05) is 11.2 Å². The van der Waals surface area contributed by atoms with Crippen molar-refractivity contribution in [3.63, 3.8) is 0 Å². The maximum Gasteiger partial charge on any atom is 0.0433 e. The highest BCUT2D eigenvalue weighted by atomic mass is 14.8. The Labute approximate surface area is 162 Å². The molecular weight excluding hydrogens is 316 g/mol. The van der Waals surface area contributed by atoms with Crippen LogP contribution in [0.2, 0.25) is 0 Å². The molecule has 2 N–H and O–H groups in total. The average Bonchev–Trinajstić information content (AvgIpc) is 2.62. The highest BCUT2D eigenvalue weighted by Gasteiger charge is 2.44. The first-order valence-electron chi connectivity index (χ1n) is 10.8. The molecule has 1 fully saturated rings. The van der Waals surface area contributed by atoms with Crippen LogP contribution in [0.4, 0.5) is 0 Å². The number of nitrogens with two attached hydrogens (primary N) is 1. The van der Waals surface area contributed by atoms with Gasteiger partial charge in [-0.1, -0.05) is 70.4 Å². The first-order valence-corrected chi connectivity index (χ1v) is 10.8. The summed E-state index contributed by atoms with van der Waals surface area (Å²) in [5.74, 6) is 1.47. The summed E-state index contributed by atoms with van der Waals surface area (Å²) in [7, 11) is 0. The summed E-state index contributed by atoms with van der Waals surface area (Å²) < 4.78 is 0. The van der Waals surface area contributed by atoms with Crippen LogP contribution < -0.4 is 5.73 Å². The summed E-state index contributed by atoms with van der Waals surface area (Å²) in [5.41, 5.74) is 10.2. The molecular formula is C24H42N2. The van der Waals surface area contributed by atoms with Gasteiger partial charge in [0.05, 0.1) is 0 Å². The summed E-state index contributed by atoms with van der Waals surface area (Å²) in [5, 5.41) is 0. The number of aliphatic imine (C=N–C) groups is 1. The van der Waals surface area contributed by atoms with Crippen LogP contribution in [0.1, 0.15) is 98.3 Å². The molecule has 2 nitrogen and oxygen atoms in total. The molecule has 0 aromatic carbocycles. The third-order valence-corrected chi connectivity index (χ3v) is 7.41. The summed E-state index contributed by atoms with van der Waals surface area (Å²) in [6.45, 7) is 17.1. The molecule has 2 rings (SSSR count). The Morgan fingerprint density at radius 2 is 1.62 bits per heavy atom. The third kappa shape index (κ3) is 5.09. The first-order chi connectivity index (χ1) is 12.2. The van der Waals surface area contributed by atoms with Crippen LogP contribution in [0, 0.1) is 17.3 Å². The molecule has 0 radical (unpaired) electrons. The fraction of sp³-hybridized carbons (Fsp3) is 0.792. The van der Waals surface area contributed by atoms with Gasteiger partial charge in [-0.25, -0.2) is 0 Å². The van der Waals surface area contributed by atoms with Gasteiger partial charge in [-0.3, -0.25) is 4.99 Å². The molecule has 0 heterocycles. The molecule has 0 amide bonds.